The highest BCUT2D eigenvalue weighted by Gasteiger charge is 2.47. The first-order chi connectivity index (χ1) is 17.1. The Bertz CT molecular complexity index is 1160. The quantitative estimate of drug-likeness (QED) is 0.722. The summed E-state index contributed by atoms with van der Waals surface area (Å²) in [5.41, 5.74) is 2.58. The monoisotopic (exact) mass is 472 g/mol. The van der Waals surface area contributed by atoms with E-state index < -0.39 is 6.17 Å². The van der Waals surface area contributed by atoms with Gasteiger partial charge in [-0.25, -0.2) is 0 Å². The van der Waals surface area contributed by atoms with Crippen molar-refractivity contribution in [2.45, 2.75) is 50.7 Å². The minimum atomic E-state index is -0.511. The number of piperidine rings is 2. The third-order valence-corrected chi connectivity index (χ3v) is 8.25. The largest absolute Gasteiger partial charge is 0.356 e. The SMILES string of the molecule is O=C(CCN1C(=O)c2ccccc2N2C(=O)c3ccccc3[C@H]12)NC[C@@H]1CCCN2CCCC[C@H]12. The maximum absolute atomic E-state index is 13.5. The van der Waals surface area contributed by atoms with Gasteiger partial charge in [0.25, 0.3) is 11.8 Å². The number of hydrogen-bond donors (Lipinski definition) is 1. The molecule has 2 fully saturated rings. The van der Waals surface area contributed by atoms with Gasteiger partial charge in [0.1, 0.15) is 6.17 Å². The molecule has 182 valence electrons. The van der Waals surface area contributed by atoms with Crippen LogP contribution in [-0.4, -0.2) is 59.7 Å². The number of nitrogens with zero attached hydrogens (tertiary/aromatic N) is 3. The van der Waals surface area contributed by atoms with Crippen LogP contribution in [-0.2, 0) is 4.79 Å². The Labute approximate surface area is 206 Å². The zero-order valence-corrected chi connectivity index (χ0v) is 20.0. The van der Waals surface area contributed by atoms with E-state index in [1.165, 1.54) is 45.2 Å². The van der Waals surface area contributed by atoms with E-state index in [2.05, 4.69) is 10.2 Å². The molecule has 0 aromatic heterocycles. The molecule has 7 nitrogen and oxygen atoms in total. The average Bonchev–Trinajstić information content (AvgIpc) is 3.20. The number of amides is 3. The van der Waals surface area contributed by atoms with Crippen molar-refractivity contribution in [3.05, 3.63) is 65.2 Å². The predicted molar refractivity (Wildman–Crippen MR) is 133 cm³/mol. The number of carbonyl (C=O) groups excluding carboxylic acids is 3. The van der Waals surface area contributed by atoms with Gasteiger partial charge >= 0.3 is 0 Å². The standard InChI is InChI=1S/C28H32N4O3/c33-25(29-18-19-8-7-16-30-15-6-5-12-23(19)30)14-17-31-26-20-9-1-2-10-21(20)28(35)32(26)24-13-4-3-11-22(24)27(31)34/h1-4,9-11,13,19,23,26H,5-8,12,14-18H2,(H,29,33)/t19-,23+,26+/m0/s1. The molecule has 2 aromatic carbocycles. The Morgan fingerprint density at radius 3 is 2.54 bits per heavy atom. The second kappa shape index (κ2) is 9.11. The third-order valence-electron chi connectivity index (χ3n) is 8.25. The van der Waals surface area contributed by atoms with Crippen molar-refractivity contribution < 1.29 is 14.4 Å². The number of para-hydroxylation sites is 1. The molecule has 3 amide bonds. The lowest BCUT2D eigenvalue weighted by Crippen LogP contribution is -2.51. The molecule has 2 aromatic rings. The number of anilines is 1. The van der Waals surface area contributed by atoms with Crippen molar-refractivity contribution in [3.63, 3.8) is 0 Å². The van der Waals surface area contributed by atoms with E-state index >= 15 is 0 Å². The predicted octanol–water partition coefficient (Wildman–Crippen LogP) is 3.57. The van der Waals surface area contributed by atoms with Gasteiger partial charge in [-0.3, -0.25) is 19.3 Å². The lowest BCUT2D eigenvalue weighted by atomic mass is 9.83. The second-order valence-electron chi connectivity index (χ2n) is 10.2. The average molecular weight is 473 g/mol. The summed E-state index contributed by atoms with van der Waals surface area (Å²) >= 11 is 0. The first-order valence-corrected chi connectivity index (χ1v) is 13.0. The van der Waals surface area contributed by atoms with Crippen LogP contribution in [0, 0.1) is 5.92 Å². The summed E-state index contributed by atoms with van der Waals surface area (Å²) in [6.45, 7) is 3.34. The molecule has 6 rings (SSSR count). The third kappa shape index (κ3) is 3.82. The lowest BCUT2D eigenvalue weighted by molar-refractivity contribution is -0.121. The van der Waals surface area contributed by atoms with E-state index in [9.17, 15) is 14.4 Å². The summed E-state index contributed by atoms with van der Waals surface area (Å²) < 4.78 is 0. The molecule has 0 radical (unpaired) electrons. The summed E-state index contributed by atoms with van der Waals surface area (Å²) in [5.74, 6) is 0.235. The van der Waals surface area contributed by atoms with Gasteiger partial charge in [-0.1, -0.05) is 36.8 Å². The molecule has 3 atom stereocenters. The number of carbonyl (C=O) groups is 3. The second-order valence-corrected chi connectivity index (χ2v) is 10.2. The zero-order valence-electron chi connectivity index (χ0n) is 20.0. The summed E-state index contributed by atoms with van der Waals surface area (Å²) in [5, 5.41) is 3.16. The number of nitrogens with one attached hydrogen (secondary N) is 1. The number of rotatable bonds is 5. The van der Waals surface area contributed by atoms with E-state index in [1.54, 1.807) is 15.9 Å². The molecule has 35 heavy (non-hydrogen) atoms. The van der Waals surface area contributed by atoms with Crippen LogP contribution in [0.2, 0.25) is 0 Å². The van der Waals surface area contributed by atoms with E-state index in [4.69, 9.17) is 0 Å². The van der Waals surface area contributed by atoms with Gasteiger partial charge in [-0.15, -0.1) is 0 Å². The highest BCUT2D eigenvalue weighted by molar-refractivity contribution is 6.16. The summed E-state index contributed by atoms with van der Waals surface area (Å²) in [4.78, 5) is 45.7. The molecule has 4 heterocycles. The van der Waals surface area contributed by atoms with E-state index in [0.717, 1.165) is 5.56 Å². The van der Waals surface area contributed by atoms with Crippen LogP contribution in [0.3, 0.4) is 0 Å². The summed E-state index contributed by atoms with van der Waals surface area (Å²) in [7, 11) is 0. The molecule has 4 aliphatic rings. The van der Waals surface area contributed by atoms with Gasteiger partial charge in [-0.2, -0.15) is 0 Å². The van der Waals surface area contributed by atoms with Crippen LogP contribution >= 0.6 is 0 Å². The molecular formula is C28H32N4O3. The van der Waals surface area contributed by atoms with Crippen molar-refractivity contribution in [2.24, 2.45) is 5.92 Å². The Balaban J connectivity index is 1.17. The van der Waals surface area contributed by atoms with Crippen LogP contribution in [0.5, 0.6) is 0 Å². The molecule has 0 unspecified atom stereocenters. The molecule has 1 N–H and O–H groups in total. The van der Waals surface area contributed by atoms with Crippen molar-refractivity contribution >= 4 is 23.4 Å². The Kier molecular flexibility index (Phi) is 5.80. The fraction of sp³-hybridized carbons (Fsp3) is 0.464. The van der Waals surface area contributed by atoms with Gasteiger partial charge in [0.15, 0.2) is 0 Å². The van der Waals surface area contributed by atoms with Gasteiger partial charge in [0, 0.05) is 36.7 Å². The van der Waals surface area contributed by atoms with Gasteiger partial charge in [-0.05, 0) is 62.9 Å². The van der Waals surface area contributed by atoms with Crippen LogP contribution in [0.25, 0.3) is 0 Å². The van der Waals surface area contributed by atoms with E-state index in [0.29, 0.717) is 35.3 Å². The molecule has 0 aliphatic carbocycles. The minimum absolute atomic E-state index is 0.0336. The molecule has 0 spiro atoms. The first kappa shape index (κ1) is 22.3. The number of hydrogen-bond acceptors (Lipinski definition) is 4. The Morgan fingerprint density at radius 2 is 1.66 bits per heavy atom. The van der Waals surface area contributed by atoms with Crippen molar-refractivity contribution in [3.8, 4) is 0 Å². The van der Waals surface area contributed by atoms with Crippen LogP contribution in [0.15, 0.2) is 48.5 Å². The molecule has 0 saturated carbocycles. The lowest BCUT2D eigenvalue weighted by Gasteiger charge is -2.44. The molecule has 4 aliphatic heterocycles. The fourth-order valence-corrected chi connectivity index (χ4v) is 6.57. The van der Waals surface area contributed by atoms with Crippen molar-refractivity contribution in [1.82, 2.24) is 15.1 Å². The maximum atomic E-state index is 13.5. The summed E-state index contributed by atoms with van der Waals surface area (Å²) in [6, 6.07) is 15.3. The Hall–Kier alpha value is -3.19. The normalized spacial score (nSPS) is 25.5. The Morgan fingerprint density at radius 1 is 0.886 bits per heavy atom. The number of benzene rings is 2. The van der Waals surface area contributed by atoms with Crippen LogP contribution < -0.4 is 10.2 Å². The molecule has 2 saturated heterocycles. The van der Waals surface area contributed by atoms with Crippen molar-refractivity contribution in [2.75, 3.05) is 31.1 Å². The minimum Gasteiger partial charge on any atom is -0.356 e. The molecule has 7 heteroatoms. The highest BCUT2D eigenvalue weighted by Crippen LogP contribution is 2.45. The van der Waals surface area contributed by atoms with Gasteiger partial charge in [0.2, 0.25) is 5.91 Å². The van der Waals surface area contributed by atoms with Gasteiger partial charge in [0.05, 0.1) is 11.3 Å². The highest BCUT2D eigenvalue weighted by atomic mass is 16.2. The van der Waals surface area contributed by atoms with E-state index in [1.807, 2.05) is 42.5 Å². The zero-order chi connectivity index (χ0) is 23.9. The van der Waals surface area contributed by atoms with Crippen LogP contribution in [0.1, 0.15) is 71.0 Å². The van der Waals surface area contributed by atoms with Gasteiger partial charge < -0.3 is 15.1 Å². The van der Waals surface area contributed by atoms with Crippen molar-refractivity contribution in [1.29, 1.82) is 0 Å². The topological polar surface area (TPSA) is 73.0 Å². The number of fused-ring (bicyclic) bond motifs is 6. The van der Waals surface area contributed by atoms with Crippen LogP contribution in [0.4, 0.5) is 5.69 Å². The molecule has 0 bridgehead atoms. The maximum Gasteiger partial charge on any atom is 0.260 e. The van der Waals surface area contributed by atoms with E-state index in [-0.39, 0.29) is 30.7 Å². The first-order valence-electron chi connectivity index (χ1n) is 13.0. The summed E-state index contributed by atoms with van der Waals surface area (Å²) in [6.07, 6.45) is 5.86. The smallest absolute Gasteiger partial charge is 0.260 e. The fourth-order valence-electron chi connectivity index (χ4n) is 6.57. The molecular weight excluding hydrogens is 440 g/mol.